The number of nitrogens with zero attached hydrogens (tertiary/aromatic N) is 6. The number of fused-ring (bicyclic) bond motifs is 4. The molecule has 14 heteroatoms. The summed E-state index contributed by atoms with van der Waals surface area (Å²) < 4.78 is 12.1. The van der Waals surface area contributed by atoms with Crippen LogP contribution < -0.4 is 10.6 Å². The average molecular weight is 707 g/mol. The summed E-state index contributed by atoms with van der Waals surface area (Å²) >= 11 is 6.26. The molecule has 0 saturated carbocycles. The molecule has 2 atom stereocenters. The van der Waals surface area contributed by atoms with Crippen molar-refractivity contribution in [3.05, 3.63) is 119 Å². The molecule has 0 spiro atoms. The van der Waals surface area contributed by atoms with Crippen LogP contribution in [0, 0.1) is 0 Å². The fourth-order valence-corrected chi connectivity index (χ4v) is 5.98. The normalized spacial score (nSPS) is 15.8. The number of esters is 2. The Bertz CT molecular complexity index is 2020. The summed E-state index contributed by atoms with van der Waals surface area (Å²) in [5.74, 6) is -1.13. The third kappa shape index (κ3) is 9.19. The number of ether oxygens (including phenoxy) is 2. The topological polar surface area (TPSA) is 163 Å². The fourth-order valence-electron chi connectivity index (χ4n) is 5.80. The lowest BCUT2D eigenvalue weighted by atomic mass is 9.95. The molecule has 4 heterocycles. The summed E-state index contributed by atoms with van der Waals surface area (Å²) in [4.78, 5) is 48.0. The highest BCUT2D eigenvalue weighted by atomic mass is 35.5. The van der Waals surface area contributed by atoms with Crippen molar-refractivity contribution in [2.24, 2.45) is 0 Å². The van der Waals surface area contributed by atoms with E-state index in [1.807, 2.05) is 36.4 Å². The Balaban J connectivity index is 1.27. The predicted molar refractivity (Wildman–Crippen MR) is 189 cm³/mol. The highest BCUT2D eigenvalue weighted by Gasteiger charge is 2.24. The number of carbonyl (C=O) groups excluding carboxylic acids is 3. The number of halogens is 1. The van der Waals surface area contributed by atoms with Crippen molar-refractivity contribution in [2.45, 2.75) is 50.8 Å². The molecule has 0 saturated heterocycles. The zero-order chi connectivity index (χ0) is 35.6. The summed E-state index contributed by atoms with van der Waals surface area (Å²) in [7, 11) is 1.34. The smallest absolute Gasteiger partial charge is 0.328 e. The monoisotopic (exact) mass is 706 g/mol. The molecular weight excluding hydrogens is 672 g/mol. The zero-order valence-electron chi connectivity index (χ0n) is 27.7. The van der Waals surface area contributed by atoms with E-state index < -0.39 is 18.1 Å². The Morgan fingerprint density at radius 1 is 1.02 bits per heavy atom. The van der Waals surface area contributed by atoms with Crippen LogP contribution in [0.25, 0.3) is 22.9 Å². The second-order valence-corrected chi connectivity index (χ2v) is 12.3. The third-order valence-corrected chi connectivity index (χ3v) is 8.60. The maximum absolute atomic E-state index is 13.5. The highest BCUT2D eigenvalue weighted by molar-refractivity contribution is 6.30. The van der Waals surface area contributed by atoms with Crippen molar-refractivity contribution in [3.8, 4) is 16.8 Å². The maximum atomic E-state index is 13.5. The Morgan fingerprint density at radius 2 is 1.90 bits per heavy atom. The van der Waals surface area contributed by atoms with Gasteiger partial charge in [-0.15, -0.1) is 5.10 Å². The first-order chi connectivity index (χ1) is 24.9. The van der Waals surface area contributed by atoms with Gasteiger partial charge in [-0.3, -0.25) is 19.6 Å². The number of benzene rings is 2. The van der Waals surface area contributed by atoms with Crippen LogP contribution in [0.4, 0.5) is 5.69 Å². The van der Waals surface area contributed by atoms with E-state index in [0.29, 0.717) is 59.0 Å². The van der Waals surface area contributed by atoms with Gasteiger partial charge in [0.25, 0.3) is 0 Å². The number of hydrogen-bond donors (Lipinski definition) is 2. The lowest BCUT2D eigenvalue weighted by Crippen LogP contribution is -2.32. The molecule has 0 fully saturated rings. The van der Waals surface area contributed by atoms with E-state index in [2.05, 4.69) is 36.1 Å². The first-order valence-corrected chi connectivity index (χ1v) is 16.7. The van der Waals surface area contributed by atoms with Gasteiger partial charge >= 0.3 is 11.9 Å². The first kappa shape index (κ1) is 34.9. The number of hydrogen-bond acceptors (Lipinski definition) is 11. The average Bonchev–Trinajstić information content (AvgIpc) is 3.69. The number of amides is 1. The van der Waals surface area contributed by atoms with E-state index in [1.165, 1.54) is 24.2 Å². The second-order valence-electron chi connectivity index (χ2n) is 11.9. The molecular formula is C37H35ClN8O5. The number of carbonyl (C=O) groups is 3. The molecule has 1 aliphatic heterocycles. The van der Waals surface area contributed by atoms with Gasteiger partial charge in [0, 0.05) is 40.3 Å². The summed E-state index contributed by atoms with van der Waals surface area (Å²) in [5.41, 5.74) is 5.60. The van der Waals surface area contributed by atoms with Crippen LogP contribution in [-0.2, 0) is 36.9 Å². The molecule has 2 bridgehead atoms. The predicted octanol–water partition coefficient (Wildman–Crippen LogP) is 5.46. The van der Waals surface area contributed by atoms with Crippen molar-refractivity contribution < 1.29 is 23.9 Å². The molecule has 0 radical (unpaired) electrons. The second kappa shape index (κ2) is 16.6. The Kier molecular flexibility index (Phi) is 11.4. The van der Waals surface area contributed by atoms with Crippen molar-refractivity contribution in [3.63, 3.8) is 0 Å². The molecule has 6 rings (SSSR count). The van der Waals surface area contributed by atoms with Gasteiger partial charge in [-0.25, -0.2) is 4.79 Å². The number of aromatic nitrogens is 6. The molecule has 260 valence electrons. The van der Waals surface area contributed by atoms with E-state index in [-0.39, 0.29) is 24.9 Å². The van der Waals surface area contributed by atoms with Gasteiger partial charge in [0.05, 0.1) is 36.6 Å². The van der Waals surface area contributed by atoms with Crippen molar-refractivity contribution in [2.75, 3.05) is 12.4 Å². The minimum absolute atomic E-state index is 0.0365. The molecule has 0 aliphatic carbocycles. The van der Waals surface area contributed by atoms with E-state index in [1.54, 1.807) is 48.8 Å². The van der Waals surface area contributed by atoms with Gasteiger partial charge in [0.15, 0.2) is 0 Å². The van der Waals surface area contributed by atoms with E-state index in [9.17, 15) is 14.4 Å². The van der Waals surface area contributed by atoms with Crippen molar-refractivity contribution in [1.29, 1.82) is 0 Å². The standard InChI is InChI=1S/C37H35ClN8O5/c1-50-36(48)19-24-9-12-29-25-15-17-40-33(21-25)30(43-35(47)14-10-26-20-27(38)11-13-34(26)46-23-41-44-45-46)7-2-3-8-31(42-32(29)18-24)37(49)51-22-28-6-4-5-16-39-28/h4-6,9-18,20-21,23,30-31,42H,2-3,7-8,19,22H2,1H3,(H,43,47)/b14-10+/t30-,31+/m0/s1. The molecule has 1 amide bonds. The van der Waals surface area contributed by atoms with E-state index >= 15 is 0 Å². The quantitative estimate of drug-likeness (QED) is 0.148. The number of tetrazole rings is 1. The number of nitrogens with one attached hydrogen (secondary N) is 2. The molecule has 1 aliphatic rings. The van der Waals surface area contributed by atoms with Crippen LogP contribution in [0.2, 0.25) is 5.02 Å². The molecule has 5 aromatic rings. The minimum Gasteiger partial charge on any atom is -0.469 e. The molecule has 2 aromatic carbocycles. The molecule has 13 nitrogen and oxygen atoms in total. The summed E-state index contributed by atoms with van der Waals surface area (Å²) in [5, 5.41) is 18.4. The number of anilines is 1. The number of methoxy groups -OCH3 is 1. The van der Waals surface area contributed by atoms with Gasteiger partial charge in [-0.05, 0) is 89.0 Å². The van der Waals surface area contributed by atoms with Gasteiger partial charge in [0.2, 0.25) is 5.91 Å². The molecule has 51 heavy (non-hydrogen) atoms. The van der Waals surface area contributed by atoms with E-state index in [0.717, 1.165) is 16.7 Å². The van der Waals surface area contributed by atoms with Crippen LogP contribution in [0.5, 0.6) is 0 Å². The van der Waals surface area contributed by atoms with Crippen LogP contribution in [0.1, 0.15) is 54.2 Å². The van der Waals surface area contributed by atoms with Crippen LogP contribution in [-0.4, -0.2) is 61.2 Å². The maximum Gasteiger partial charge on any atom is 0.328 e. The molecule has 0 unspecified atom stereocenters. The van der Waals surface area contributed by atoms with Crippen LogP contribution >= 0.6 is 11.6 Å². The van der Waals surface area contributed by atoms with Crippen LogP contribution in [0.15, 0.2) is 91.5 Å². The number of rotatable bonds is 9. The van der Waals surface area contributed by atoms with Gasteiger partial charge in [0.1, 0.15) is 19.0 Å². The Morgan fingerprint density at radius 3 is 2.71 bits per heavy atom. The van der Waals surface area contributed by atoms with Crippen molar-refractivity contribution in [1.82, 2.24) is 35.5 Å². The molecule has 3 aromatic heterocycles. The summed E-state index contributed by atoms with van der Waals surface area (Å²) in [6, 6.07) is 18.9. The zero-order valence-corrected chi connectivity index (χ0v) is 28.5. The SMILES string of the molecule is COC(=O)Cc1ccc2c(c1)N[C@@H](C(=O)OCc1ccccn1)CCCC[C@H](NC(=O)/C=C/c1cc(Cl)ccc1-n1cnnn1)c1cc-2ccn1. The number of pyridine rings is 2. The van der Waals surface area contributed by atoms with Gasteiger partial charge < -0.3 is 20.1 Å². The Hall–Kier alpha value is -5.95. The Labute approximate surface area is 299 Å². The summed E-state index contributed by atoms with van der Waals surface area (Å²) in [6.45, 7) is 0.0365. The molecule has 2 N–H and O–H groups in total. The lowest BCUT2D eigenvalue weighted by Gasteiger charge is -2.24. The summed E-state index contributed by atoms with van der Waals surface area (Å²) in [6.07, 6.45) is 10.3. The van der Waals surface area contributed by atoms with Gasteiger partial charge in [-0.2, -0.15) is 4.68 Å². The largest absolute Gasteiger partial charge is 0.469 e. The first-order valence-electron chi connectivity index (χ1n) is 16.4. The fraction of sp³-hybridized carbons (Fsp3) is 0.243. The van der Waals surface area contributed by atoms with E-state index in [4.69, 9.17) is 21.1 Å². The van der Waals surface area contributed by atoms with Crippen LogP contribution in [0.3, 0.4) is 0 Å². The third-order valence-electron chi connectivity index (χ3n) is 8.36. The minimum atomic E-state index is -0.690. The highest BCUT2D eigenvalue weighted by Crippen LogP contribution is 2.33. The lowest BCUT2D eigenvalue weighted by molar-refractivity contribution is -0.146. The van der Waals surface area contributed by atoms with Gasteiger partial charge in [-0.1, -0.05) is 42.6 Å². The van der Waals surface area contributed by atoms with Crippen molar-refractivity contribution >= 4 is 41.2 Å².